The Balaban J connectivity index is 2.06. The van der Waals surface area contributed by atoms with Crippen molar-refractivity contribution in [3.8, 4) is 17.0 Å². The molecule has 0 aliphatic carbocycles. The molecule has 0 fully saturated rings. The maximum atomic E-state index is 13.0. The summed E-state index contributed by atoms with van der Waals surface area (Å²) >= 11 is 7.52. The number of benzene rings is 2. The number of aromatic amines is 1. The second-order valence-electron chi connectivity index (χ2n) is 6.45. The molecule has 0 spiro atoms. The van der Waals surface area contributed by atoms with Crippen LogP contribution >= 0.6 is 23.4 Å². The number of fused-ring (bicyclic) bond motifs is 3. The predicted molar refractivity (Wildman–Crippen MR) is 112 cm³/mol. The number of amides is 1. The molecule has 0 saturated heterocycles. The first-order valence-corrected chi connectivity index (χ1v) is 10.4. The number of methoxy groups -OCH3 is 1. The Hall–Kier alpha value is -2.84. The number of nitrogens with one attached hydrogen (secondary N) is 1. The van der Waals surface area contributed by atoms with Crippen LogP contribution in [0.4, 0.5) is 5.69 Å². The molecule has 1 aromatic heterocycles. The third-order valence-electron chi connectivity index (χ3n) is 4.76. The summed E-state index contributed by atoms with van der Waals surface area (Å²) in [7, 11) is 1.59. The van der Waals surface area contributed by atoms with E-state index in [4.69, 9.17) is 16.3 Å². The van der Waals surface area contributed by atoms with Crippen LogP contribution in [0.3, 0.4) is 0 Å². The number of aromatic nitrogens is 3. The highest BCUT2D eigenvalue weighted by Crippen LogP contribution is 2.39. The van der Waals surface area contributed by atoms with E-state index in [-0.39, 0.29) is 11.5 Å². The maximum absolute atomic E-state index is 13.0. The molecule has 1 amide bonds. The number of ether oxygens (including phenoxy) is 1. The number of hydrogen-bond acceptors (Lipinski definition) is 5. The maximum Gasteiger partial charge on any atom is 0.325 e. The topological polar surface area (TPSA) is 79.2 Å². The first-order chi connectivity index (χ1) is 13.9. The molecular weight excluding hydrogens is 412 g/mol. The Morgan fingerprint density at radius 1 is 1.28 bits per heavy atom. The summed E-state index contributed by atoms with van der Waals surface area (Å²) in [6.07, 6.45) is 1.19. The predicted octanol–water partition coefficient (Wildman–Crippen LogP) is 3.02. The van der Waals surface area contributed by atoms with Crippen LogP contribution in [-0.4, -0.2) is 29.4 Å². The van der Waals surface area contributed by atoms with Gasteiger partial charge in [-0.1, -0.05) is 23.4 Å². The van der Waals surface area contributed by atoms with Gasteiger partial charge >= 0.3 is 11.3 Å². The van der Waals surface area contributed by atoms with E-state index in [9.17, 15) is 9.59 Å². The standard InChI is InChI=1S/C20H17ClN4O3S/c1-11(26)24-16-9-6-13(21)10-15(16)17-18(27)22-20(29-3)23-25(17)19(24)12-4-7-14(28-2)8-5-12/h4-10,19H,1-3H3/p+1. The summed E-state index contributed by atoms with van der Waals surface area (Å²) in [6.45, 7) is 1.49. The average molecular weight is 430 g/mol. The minimum Gasteiger partial charge on any atom is -0.497 e. The minimum absolute atomic E-state index is 0.180. The van der Waals surface area contributed by atoms with Gasteiger partial charge in [-0.25, -0.2) is 4.90 Å². The quantitative estimate of drug-likeness (QED) is 0.511. The minimum atomic E-state index is -0.629. The molecular formula is C20H18ClN4O3S+. The molecule has 2 aromatic carbocycles. The van der Waals surface area contributed by atoms with Crippen LogP contribution in [0.15, 0.2) is 52.4 Å². The summed E-state index contributed by atoms with van der Waals surface area (Å²) in [5, 5.41) is 5.53. The van der Waals surface area contributed by atoms with E-state index in [0.29, 0.717) is 32.9 Å². The lowest BCUT2D eigenvalue weighted by Gasteiger charge is -2.31. The first-order valence-electron chi connectivity index (χ1n) is 8.78. The fourth-order valence-corrected chi connectivity index (χ4v) is 4.04. The number of halogens is 1. The molecule has 3 aromatic rings. The molecule has 7 nitrogen and oxygen atoms in total. The van der Waals surface area contributed by atoms with Gasteiger partial charge in [0.2, 0.25) is 11.1 Å². The van der Waals surface area contributed by atoms with Crippen LogP contribution < -0.4 is 19.9 Å². The summed E-state index contributed by atoms with van der Waals surface area (Å²) in [5.41, 5.74) is 2.00. The molecule has 0 radical (unpaired) electrons. The van der Waals surface area contributed by atoms with Crippen molar-refractivity contribution in [1.82, 2.24) is 10.1 Å². The zero-order valence-corrected chi connectivity index (χ0v) is 17.5. The number of nitrogens with zero attached hydrogens (tertiary/aromatic N) is 3. The SMILES string of the molecule is COc1ccc(C2N(C(C)=O)c3ccc(Cl)cc3-c3c(=O)[nH]c(SC)n[n+]32)cc1. The summed E-state index contributed by atoms with van der Waals surface area (Å²) in [5.74, 6) is 0.514. The van der Waals surface area contributed by atoms with Gasteiger partial charge in [0.05, 0.1) is 18.4 Å². The van der Waals surface area contributed by atoms with Crippen LogP contribution in [0.5, 0.6) is 5.75 Å². The lowest BCUT2D eigenvalue weighted by molar-refractivity contribution is -0.763. The zero-order chi connectivity index (χ0) is 20.7. The number of carbonyl (C=O) groups excluding carboxylic acids is 1. The van der Waals surface area contributed by atoms with Gasteiger partial charge in [0.1, 0.15) is 5.75 Å². The lowest BCUT2D eigenvalue weighted by atomic mass is 10.0. The van der Waals surface area contributed by atoms with Crippen LogP contribution in [0.2, 0.25) is 5.02 Å². The van der Waals surface area contributed by atoms with Gasteiger partial charge in [-0.15, -0.1) is 0 Å². The second-order valence-corrected chi connectivity index (χ2v) is 7.69. The van der Waals surface area contributed by atoms with Crippen LogP contribution in [0.1, 0.15) is 18.7 Å². The van der Waals surface area contributed by atoms with E-state index in [1.807, 2.05) is 30.5 Å². The van der Waals surface area contributed by atoms with Crippen molar-refractivity contribution in [3.05, 3.63) is 63.4 Å². The van der Waals surface area contributed by atoms with E-state index in [2.05, 4.69) is 10.1 Å². The number of anilines is 1. The Labute approximate surface area is 176 Å². The molecule has 1 N–H and O–H groups in total. The summed E-state index contributed by atoms with van der Waals surface area (Å²) in [6, 6.07) is 12.5. The van der Waals surface area contributed by atoms with Gasteiger partial charge < -0.3 is 4.74 Å². The highest BCUT2D eigenvalue weighted by molar-refractivity contribution is 7.98. The van der Waals surface area contributed by atoms with Gasteiger partial charge in [-0.05, 0) is 53.4 Å². The molecule has 29 heavy (non-hydrogen) atoms. The van der Waals surface area contributed by atoms with Gasteiger partial charge in [-0.2, -0.15) is 0 Å². The molecule has 4 rings (SSSR count). The van der Waals surface area contributed by atoms with E-state index < -0.39 is 6.17 Å². The smallest absolute Gasteiger partial charge is 0.325 e. The first kappa shape index (κ1) is 19.5. The number of thioether (sulfide) groups is 1. The fourth-order valence-electron chi connectivity index (χ4n) is 3.51. The van der Waals surface area contributed by atoms with Crippen molar-refractivity contribution < 1.29 is 14.2 Å². The van der Waals surface area contributed by atoms with E-state index in [0.717, 1.165) is 5.56 Å². The third-order valence-corrected chi connectivity index (χ3v) is 5.56. The average Bonchev–Trinajstić information content (AvgIpc) is 2.72. The number of H-pyrrole nitrogens is 1. The summed E-state index contributed by atoms with van der Waals surface area (Å²) in [4.78, 5) is 30.1. The van der Waals surface area contributed by atoms with Crippen molar-refractivity contribution in [2.45, 2.75) is 18.2 Å². The fraction of sp³-hybridized carbons (Fsp3) is 0.200. The Kier molecular flexibility index (Phi) is 5.06. The monoisotopic (exact) mass is 429 g/mol. The van der Waals surface area contributed by atoms with Crippen LogP contribution in [0.25, 0.3) is 11.3 Å². The largest absolute Gasteiger partial charge is 0.497 e. The molecule has 148 valence electrons. The molecule has 9 heteroatoms. The summed E-state index contributed by atoms with van der Waals surface area (Å²) < 4.78 is 6.84. The number of rotatable bonds is 3. The van der Waals surface area contributed by atoms with Crippen molar-refractivity contribution in [2.24, 2.45) is 0 Å². The third kappa shape index (κ3) is 3.28. The highest BCUT2D eigenvalue weighted by Gasteiger charge is 2.44. The van der Waals surface area contributed by atoms with E-state index in [1.54, 1.807) is 34.9 Å². The van der Waals surface area contributed by atoms with Crippen molar-refractivity contribution in [2.75, 3.05) is 18.3 Å². The highest BCUT2D eigenvalue weighted by atomic mass is 35.5. The zero-order valence-electron chi connectivity index (χ0n) is 16.0. The molecule has 2 heterocycles. The number of hydrogen-bond donors (Lipinski definition) is 1. The molecule has 1 atom stereocenters. The molecule has 1 unspecified atom stereocenters. The normalized spacial score (nSPS) is 14.9. The Morgan fingerprint density at radius 3 is 2.62 bits per heavy atom. The van der Waals surface area contributed by atoms with Gasteiger partial charge in [-0.3, -0.25) is 14.6 Å². The van der Waals surface area contributed by atoms with Crippen molar-refractivity contribution >= 4 is 35.0 Å². The van der Waals surface area contributed by atoms with Gasteiger partial charge in [0.15, 0.2) is 0 Å². The number of carbonyl (C=O) groups is 1. The Bertz CT molecular complexity index is 1160. The van der Waals surface area contributed by atoms with Crippen molar-refractivity contribution in [1.29, 1.82) is 0 Å². The Morgan fingerprint density at radius 2 is 2.00 bits per heavy atom. The molecule has 1 aliphatic heterocycles. The van der Waals surface area contributed by atoms with E-state index >= 15 is 0 Å². The van der Waals surface area contributed by atoms with Gasteiger partial charge in [0.25, 0.3) is 6.17 Å². The van der Waals surface area contributed by atoms with Gasteiger partial charge in [0, 0.05) is 22.6 Å². The molecule has 0 saturated carbocycles. The lowest BCUT2D eigenvalue weighted by Crippen LogP contribution is -2.60. The van der Waals surface area contributed by atoms with Crippen LogP contribution in [-0.2, 0) is 4.79 Å². The van der Waals surface area contributed by atoms with E-state index in [1.165, 1.54) is 18.7 Å². The molecule has 1 aliphatic rings. The molecule has 0 bridgehead atoms. The van der Waals surface area contributed by atoms with Crippen molar-refractivity contribution in [3.63, 3.8) is 0 Å². The second kappa shape index (κ2) is 7.53. The van der Waals surface area contributed by atoms with Crippen LogP contribution in [0, 0.1) is 0 Å².